The lowest BCUT2D eigenvalue weighted by molar-refractivity contribution is -0.143. The second-order valence-electron chi connectivity index (χ2n) is 34.7. The van der Waals surface area contributed by atoms with Gasteiger partial charge in [0.05, 0.1) is 35.2 Å². The molecule has 1 saturated heterocycles. The van der Waals surface area contributed by atoms with Crippen molar-refractivity contribution in [3.05, 3.63) is 350 Å². The number of Topliss-reactive ketones (excluding diaryl/α,β-unsaturated/α-hetero) is 3. The molecule has 10 nitrogen and oxygen atoms in total. The van der Waals surface area contributed by atoms with E-state index in [4.69, 9.17) is 19.3 Å². The number of pyridine rings is 1. The van der Waals surface area contributed by atoms with Gasteiger partial charge in [0, 0.05) is 81.7 Å². The molecule has 12 heteroatoms. The summed E-state index contributed by atoms with van der Waals surface area (Å²) < 4.78 is 33.3. The number of carbonyl (C=O) groups excluding carboxylic acids is 3. The molecule has 1 aliphatic carbocycles. The van der Waals surface area contributed by atoms with Crippen molar-refractivity contribution in [1.29, 1.82) is 0 Å². The zero-order valence-corrected chi connectivity index (χ0v) is 73.4. The Kier molecular flexibility index (Phi) is 28.5. The minimum absolute atomic E-state index is 0.0864. The van der Waals surface area contributed by atoms with Crippen molar-refractivity contribution < 1.29 is 33.0 Å². The number of benzene rings is 10. The normalized spacial score (nSPS) is 17.4. The summed E-state index contributed by atoms with van der Waals surface area (Å²) in [6, 6.07) is 80.3. The largest absolute Gasteiger partial charge is 0.456 e. The van der Waals surface area contributed by atoms with E-state index >= 15 is 0 Å². The van der Waals surface area contributed by atoms with E-state index in [9.17, 15) is 18.8 Å². The Balaban J connectivity index is 0.000000125. The second-order valence-corrected chi connectivity index (χ2v) is 35.7. The predicted molar refractivity (Wildman–Crippen MR) is 490 cm³/mol. The Hall–Kier alpha value is -11.1. The molecular formula is C108H117FN4O6S. The lowest BCUT2D eigenvalue weighted by atomic mass is 9.67. The Bertz CT molecular complexity index is 5590. The fourth-order valence-corrected chi connectivity index (χ4v) is 18.0. The van der Waals surface area contributed by atoms with Crippen LogP contribution in [0.3, 0.4) is 0 Å². The Labute approximate surface area is 715 Å². The number of hydrogen-bond acceptors (Lipinski definition) is 10. The second kappa shape index (κ2) is 39.4. The molecule has 0 spiro atoms. The molecule has 618 valence electrons. The van der Waals surface area contributed by atoms with Crippen molar-refractivity contribution in [3.63, 3.8) is 0 Å². The summed E-state index contributed by atoms with van der Waals surface area (Å²) in [5.74, 6) is 7.47. The first-order chi connectivity index (χ1) is 57.8. The number of nitrogens with one attached hydrogen (secondary N) is 1. The van der Waals surface area contributed by atoms with Crippen molar-refractivity contribution in [3.8, 4) is 39.9 Å². The van der Waals surface area contributed by atoms with E-state index in [1.807, 2.05) is 84.5 Å². The molecule has 4 unspecified atom stereocenters. The third-order valence-electron chi connectivity index (χ3n) is 24.1. The predicted octanol–water partition coefficient (Wildman–Crippen LogP) is 28.0. The molecule has 4 atom stereocenters. The topological polar surface area (TPSA) is 122 Å². The molecule has 1 saturated carbocycles. The lowest BCUT2D eigenvalue weighted by Crippen LogP contribution is -2.59. The first-order valence-corrected chi connectivity index (χ1v) is 44.0. The lowest BCUT2D eigenvalue weighted by Gasteiger charge is -2.51. The van der Waals surface area contributed by atoms with Crippen LogP contribution < -0.4 is 14.8 Å². The Morgan fingerprint density at radius 2 is 1.12 bits per heavy atom. The van der Waals surface area contributed by atoms with E-state index in [0.29, 0.717) is 83.3 Å². The fourth-order valence-electron chi connectivity index (χ4n) is 16.9. The number of aryl methyl sites for hydroxylation is 2. The number of allylic oxidation sites excluding steroid dienone is 1. The van der Waals surface area contributed by atoms with E-state index in [1.54, 1.807) is 30.1 Å². The smallest absolute Gasteiger partial charge is 0.222 e. The number of ketones is 3. The summed E-state index contributed by atoms with van der Waals surface area (Å²) >= 11 is 1.71. The molecule has 18 rings (SSSR count). The molecule has 0 radical (unpaired) electrons. The average molecular weight is 1620 g/mol. The number of halogens is 1. The summed E-state index contributed by atoms with van der Waals surface area (Å²) in [5, 5.41) is 8.55. The summed E-state index contributed by atoms with van der Waals surface area (Å²) in [6.45, 7) is 33.5. The van der Waals surface area contributed by atoms with Crippen LogP contribution in [-0.2, 0) is 35.2 Å². The van der Waals surface area contributed by atoms with Crippen molar-refractivity contribution >= 4 is 40.9 Å². The van der Waals surface area contributed by atoms with Crippen molar-refractivity contribution in [2.75, 3.05) is 11.9 Å². The van der Waals surface area contributed by atoms with Gasteiger partial charge in [0.25, 0.3) is 0 Å². The summed E-state index contributed by atoms with van der Waals surface area (Å²) in [7, 11) is 0. The van der Waals surface area contributed by atoms with Gasteiger partial charge in [-0.05, 0) is 227 Å². The fraction of sp³-hybridized carbons (Fsp3) is 0.324. The van der Waals surface area contributed by atoms with Crippen molar-refractivity contribution in [2.45, 2.75) is 219 Å². The van der Waals surface area contributed by atoms with Gasteiger partial charge in [-0.25, -0.2) is 14.1 Å². The number of carbonyl (C=O) groups is 3. The molecular weight excluding hydrogens is 1500 g/mol. The van der Waals surface area contributed by atoms with Crippen LogP contribution in [0, 0.1) is 31.5 Å². The van der Waals surface area contributed by atoms with Crippen LogP contribution in [0.25, 0.3) is 22.9 Å². The number of fused-ring (bicyclic) bond motifs is 9. The Morgan fingerprint density at radius 1 is 0.525 bits per heavy atom. The third kappa shape index (κ3) is 20.9. The number of aromatic nitrogens is 3. The summed E-state index contributed by atoms with van der Waals surface area (Å²) in [6.07, 6.45) is 13.7. The minimum atomic E-state index is -0.237. The molecule has 5 aliphatic heterocycles. The van der Waals surface area contributed by atoms with Crippen molar-refractivity contribution in [2.24, 2.45) is 11.8 Å². The third-order valence-corrected chi connectivity index (χ3v) is 25.3. The quantitative estimate of drug-likeness (QED) is 0.118. The monoisotopic (exact) mass is 1620 g/mol. The first-order valence-electron chi connectivity index (χ1n) is 43.2. The van der Waals surface area contributed by atoms with Crippen molar-refractivity contribution in [1.82, 2.24) is 14.8 Å². The maximum atomic E-state index is 13.1. The molecule has 12 aromatic rings. The summed E-state index contributed by atoms with van der Waals surface area (Å²) in [4.78, 5) is 43.1. The SMILES string of the molecule is CC(C)c1ccc(/C=C2\CCCCC2=O)cc1.CC(C)c1ccc2c(c1)CC(=O)c1ccccc1S2.CC(C)c1ccc2c(c1)Cc1cccnc1O2.CCC1(C(C)C)OCC(Cc2ccccc2)C2c3ccccc3NC21.Cc1ccc(-c2cn(-c3ccc(F)cc3)nc2C(C)C)cc1.Cc1ccc2c(c1)CC(=O)c1cc(C(C)C)ccc1O2. The maximum Gasteiger partial charge on any atom is 0.222 e. The van der Waals surface area contributed by atoms with Gasteiger partial charge in [-0.2, -0.15) is 5.10 Å². The van der Waals surface area contributed by atoms with E-state index in [0.717, 1.165) is 130 Å². The maximum absolute atomic E-state index is 13.1. The van der Waals surface area contributed by atoms with E-state index in [2.05, 4.69) is 259 Å². The highest BCUT2D eigenvalue weighted by atomic mass is 32.2. The van der Waals surface area contributed by atoms with Gasteiger partial charge in [0.1, 0.15) is 23.1 Å². The number of ether oxygens (including phenoxy) is 3. The van der Waals surface area contributed by atoms with E-state index in [-0.39, 0.29) is 23.0 Å². The van der Waals surface area contributed by atoms with Crippen LogP contribution in [0.15, 0.2) is 264 Å². The van der Waals surface area contributed by atoms with Gasteiger partial charge in [0.15, 0.2) is 17.3 Å². The minimum Gasteiger partial charge on any atom is -0.456 e. The number of nitrogens with zero attached hydrogens (tertiary/aromatic N) is 3. The summed E-state index contributed by atoms with van der Waals surface area (Å²) in [5.41, 5.74) is 24.1. The first kappa shape index (κ1) is 86.8. The van der Waals surface area contributed by atoms with E-state index in [1.165, 1.54) is 72.8 Å². The zero-order valence-electron chi connectivity index (χ0n) is 72.6. The van der Waals surface area contributed by atoms with Gasteiger partial charge in [-0.1, -0.05) is 277 Å². The molecule has 7 heterocycles. The molecule has 0 amide bonds. The zero-order chi connectivity index (χ0) is 84.9. The van der Waals surface area contributed by atoms with Gasteiger partial charge >= 0.3 is 0 Å². The number of anilines is 1. The van der Waals surface area contributed by atoms with Crippen LogP contribution in [0.1, 0.15) is 256 Å². The molecule has 1 N–H and O–H groups in total. The average Bonchev–Trinajstić information content (AvgIpc) is 1.58. The van der Waals surface area contributed by atoms with Crippen LogP contribution in [0.4, 0.5) is 10.1 Å². The van der Waals surface area contributed by atoms with Gasteiger partial charge in [-0.3, -0.25) is 14.4 Å². The molecule has 2 aromatic heterocycles. The highest BCUT2D eigenvalue weighted by molar-refractivity contribution is 7.99. The van der Waals surface area contributed by atoms with E-state index < -0.39 is 0 Å². The highest BCUT2D eigenvalue weighted by Crippen LogP contribution is 2.53. The van der Waals surface area contributed by atoms with Crippen LogP contribution in [-0.4, -0.2) is 50.4 Å². The standard InChI is InChI=1S/C23H29NO.C19H19FN2.C18H18O2.C17H16OS.C16H20O.C15H15NO/c1-4-23(16(2)3)22-21(19-12-8-9-13-20(19)24-22)18(15-25-23)14-17-10-6-5-7-11-17;1-13(2)19-18(15-6-4-14(3)5-7-15)12-22(21-19)17-10-8-16(20)9-11-17;1-11(2)13-5-7-18-15(9-13)16(19)10-14-8-12(3)4-6-17(14)20-18;1-11(2)12-7-8-16-13(9-12)10-15(18)14-5-3-4-6-17(14)19-16;1-12(2)14-9-7-13(8-10-14)11-15-5-3-4-6-16(15)17;1-10(2)11-5-6-14-13(8-11)9-12-4-3-7-16-15(12)17-14/h5-13,16,18,21-22,24H,4,14-15H2,1-3H3;4-13H,1-3H3;4-9,11H,10H2,1-3H3;3-9,11H,10H2,1-2H3;7-12H,3-6H2,1-2H3;3-8,10H,9H2,1-2H3/b;;;;15-11+;. The number of rotatable bonds is 12. The molecule has 2 fully saturated rings. The van der Waals surface area contributed by atoms with Crippen LogP contribution in [0.5, 0.6) is 23.1 Å². The Morgan fingerprint density at radius 3 is 1.82 bits per heavy atom. The molecule has 0 bridgehead atoms. The van der Waals surface area contributed by atoms with Gasteiger partial charge in [0.2, 0.25) is 5.88 Å². The number of para-hydroxylation sites is 1. The van der Waals surface area contributed by atoms with Gasteiger partial charge < -0.3 is 19.5 Å². The highest BCUT2D eigenvalue weighted by Gasteiger charge is 2.55. The van der Waals surface area contributed by atoms with Crippen LogP contribution in [0.2, 0.25) is 0 Å². The van der Waals surface area contributed by atoms with Crippen LogP contribution >= 0.6 is 11.8 Å². The number of hydrogen-bond donors (Lipinski definition) is 1. The van der Waals surface area contributed by atoms with Gasteiger partial charge in [-0.15, -0.1) is 0 Å². The molecule has 10 aromatic carbocycles. The molecule has 120 heavy (non-hydrogen) atoms. The molecule has 6 aliphatic rings.